The molecule has 106 valence electrons. The molecule has 18 heavy (non-hydrogen) atoms. The number of hydrogen-bond donors (Lipinski definition) is 1. The summed E-state index contributed by atoms with van der Waals surface area (Å²) in [6.07, 6.45) is 3.34. The molecule has 1 aliphatic rings. The fraction of sp³-hybridized carbons (Fsp3) is 0.909. The highest BCUT2D eigenvalue weighted by atomic mass is 32.2. The lowest BCUT2D eigenvalue weighted by atomic mass is 10.2. The third-order valence-corrected chi connectivity index (χ3v) is 4.71. The lowest BCUT2D eigenvalue weighted by Crippen LogP contribution is -2.43. The van der Waals surface area contributed by atoms with Crippen molar-refractivity contribution in [3.05, 3.63) is 0 Å². The van der Waals surface area contributed by atoms with Crippen LogP contribution in [0.15, 0.2) is 0 Å². The minimum Gasteiger partial charge on any atom is -0.469 e. The Balaban J connectivity index is 2.37. The van der Waals surface area contributed by atoms with Gasteiger partial charge in [-0.1, -0.05) is 12.8 Å². The van der Waals surface area contributed by atoms with Crippen molar-refractivity contribution in [2.75, 3.05) is 20.7 Å². The first-order valence-electron chi connectivity index (χ1n) is 6.15. The van der Waals surface area contributed by atoms with E-state index in [4.69, 9.17) is 0 Å². The van der Waals surface area contributed by atoms with Gasteiger partial charge in [0, 0.05) is 19.6 Å². The molecule has 1 aliphatic carbocycles. The van der Waals surface area contributed by atoms with Crippen LogP contribution in [0, 0.1) is 5.92 Å². The third kappa shape index (κ3) is 5.32. The van der Waals surface area contributed by atoms with Crippen LogP contribution in [-0.2, 0) is 19.7 Å². The van der Waals surface area contributed by atoms with Crippen LogP contribution in [0.3, 0.4) is 0 Å². The second-order valence-corrected chi connectivity index (χ2v) is 6.66. The van der Waals surface area contributed by atoms with E-state index in [1.807, 2.05) is 6.92 Å². The van der Waals surface area contributed by atoms with Crippen LogP contribution in [0.4, 0.5) is 0 Å². The van der Waals surface area contributed by atoms with Crippen LogP contribution in [-0.4, -0.2) is 45.4 Å². The predicted molar refractivity (Wildman–Crippen MR) is 68.1 cm³/mol. The molecule has 1 fully saturated rings. The average molecular weight is 278 g/mol. The Kier molecular flexibility index (Phi) is 5.55. The first-order chi connectivity index (χ1) is 8.35. The second-order valence-electron chi connectivity index (χ2n) is 4.85. The van der Waals surface area contributed by atoms with E-state index in [1.165, 1.54) is 27.0 Å². The zero-order valence-corrected chi connectivity index (χ0v) is 12.0. The van der Waals surface area contributed by atoms with Crippen LogP contribution in [0.25, 0.3) is 0 Å². The van der Waals surface area contributed by atoms with Gasteiger partial charge in [-0.25, -0.2) is 0 Å². The fourth-order valence-corrected chi connectivity index (χ4v) is 2.83. The summed E-state index contributed by atoms with van der Waals surface area (Å²) in [7, 11) is -0.768. The lowest BCUT2D eigenvalue weighted by Gasteiger charge is -2.20. The van der Waals surface area contributed by atoms with Crippen LogP contribution in [0.5, 0.6) is 0 Å². The molecule has 0 aliphatic heterocycles. The van der Waals surface area contributed by atoms with Crippen molar-refractivity contribution >= 4 is 16.2 Å². The van der Waals surface area contributed by atoms with E-state index < -0.39 is 16.2 Å². The summed E-state index contributed by atoms with van der Waals surface area (Å²) in [6.45, 7) is 1.99. The van der Waals surface area contributed by atoms with Gasteiger partial charge in [-0.15, -0.1) is 0 Å². The van der Waals surface area contributed by atoms with Crippen molar-refractivity contribution in [1.29, 1.82) is 0 Å². The number of methoxy groups -OCH3 is 1. The normalized spacial score (nSPS) is 17.8. The number of nitrogens with zero attached hydrogens (tertiary/aromatic N) is 1. The maximum Gasteiger partial charge on any atom is 0.306 e. The molecule has 0 aromatic carbocycles. The largest absolute Gasteiger partial charge is 0.469 e. The van der Waals surface area contributed by atoms with Crippen LogP contribution in [0.2, 0.25) is 0 Å². The van der Waals surface area contributed by atoms with Crippen LogP contribution < -0.4 is 4.72 Å². The van der Waals surface area contributed by atoms with E-state index >= 15 is 0 Å². The van der Waals surface area contributed by atoms with E-state index in [0.29, 0.717) is 5.92 Å². The van der Waals surface area contributed by atoms with Gasteiger partial charge >= 0.3 is 5.97 Å². The number of carbonyl (C=O) groups excluding carboxylic acids is 1. The van der Waals surface area contributed by atoms with E-state index in [0.717, 1.165) is 10.7 Å². The minimum absolute atomic E-state index is 0.0604. The van der Waals surface area contributed by atoms with E-state index in [-0.39, 0.29) is 19.0 Å². The first kappa shape index (κ1) is 15.4. The standard InChI is InChI=1S/C11H22N2O4S/c1-9(8-10-4-5-10)12-18(15,16)13(2)7-6-11(14)17-3/h9-10,12H,4-8H2,1-3H3. The van der Waals surface area contributed by atoms with Crippen molar-refractivity contribution in [1.82, 2.24) is 9.03 Å². The van der Waals surface area contributed by atoms with Gasteiger partial charge in [0.05, 0.1) is 13.5 Å². The van der Waals surface area contributed by atoms with Crippen molar-refractivity contribution < 1.29 is 17.9 Å². The summed E-state index contributed by atoms with van der Waals surface area (Å²) in [5.74, 6) is 0.256. The van der Waals surface area contributed by atoms with Crippen molar-refractivity contribution in [2.24, 2.45) is 5.92 Å². The summed E-state index contributed by atoms with van der Waals surface area (Å²) >= 11 is 0. The van der Waals surface area contributed by atoms with Crippen molar-refractivity contribution in [2.45, 2.75) is 38.6 Å². The molecular weight excluding hydrogens is 256 g/mol. The molecule has 0 saturated heterocycles. The van der Waals surface area contributed by atoms with E-state index in [9.17, 15) is 13.2 Å². The van der Waals surface area contributed by atoms with Crippen molar-refractivity contribution in [3.8, 4) is 0 Å². The molecule has 0 aromatic rings. The Morgan fingerprint density at radius 2 is 2.11 bits per heavy atom. The maximum atomic E-state index is 11.9. The predicted octanol–water partition coefficient (Wildman–Crippen LogP) is 0.504. The molecule has 1 rings (SSSR count). The summed E-state index contributed by atoms with van der Waals surface area (Å²) in [5, 5.41) is 0. The average Bonchev–Trinajstić information content (AvgIpc) is 3.07. The van der Waals surface area contributed by atoms with Gasteiger partial charge in [0.2, 0.25) is 0 Å². The number of esters is 1. The number of nitrogens with one attached hydrogen (secondary N) is 1. The highest BCUT2D eigenvalue weighted by molar-refractivity contribution is 7.87. The molecule has 6 nitrogen and oxygen atoms in total. The Morgan fingerprint density at radius 1 is 1.50 bits per heavy atom. The van der Waals surface area contributed by atoms with E-state index in [2.05, 4.69) is 9.46 Å². The van der Waals surface area contributed by atoms with Gasteiger partial charge in [0.25, 0.3) is 10.2 Å². The number of ether oxygens (including phenoxy) is 1. The Labute approximate surface area is 109 Å². The van der Waals surface area contributed by atoms with Gasteiger partial charge in [-0.2, -0.15) is 17.4 Å². The summed E-state index contributed by atoms with van der Waals surface area (Å²) in [4.78, 5) is 11.0. The zero-order valence-electron chi connectivity index (χ0n) is 11.2. The molecule has 1 unspecified atom stereocenters. The molecule has 7 heteroatoms. The Hall–Kier alpha value is -0.660. The number of rotatable bonds is 8. The van der Waals surface area contributed by atoms with Crippen molar-refractivity contribution in [3.63, 3.8) is 0 Å². The topological polar surface area (TPSA) is 75.7 Å². The van der Waals surface area contributed by atoms with Gasteiger partial charge < -0.3 is 4.74 Å². The van der Waals surface area contributed by atoms with E-state index in [1.54, 1.807) is 0 Å². The monoisotopic (exact) mass is 278 g/mol. The van der Waals surface area contributed by atoms with Crippen LogP contribution in [0.1, 0.15) is 32.6 Å². The molecule has 0 bridgehead atoms. The molecule has 0 amide bonds. The summed E-state index contributed by atoms with van der Waals surface area (Å²) in [6, 6.07) is -0.0666. The molecule has 1 N–H and O–H groups in total. The Bertz CT molecular complexity index is 379. The van der Waals surface area contributed by atoms with Gasteiger partial charge in [0.1, 0.15) is 0 Å². The second kappa shape index (κ2) is 6.49. The molecule has 0 spiro atoms. The highest BCUT2D eigenvalue weighted by Crippen LogP contribution is 2.33. The Morgan fingerprint density at radius 3 is 2.61 bits per heavy atom. The number of hydrogen-bond acceptors (Lipinski definition) is 4. The number of carbonyl (C=O) groups is 1. The highest BCUT2D eigenvalue weighted by Gasteiger charge is 2.27. The quantitative estimate of drug-likeness (QED) is 0.656. The maximum absolute atomic E-state index is 11.9. The molecule has 1 saturated carbocycles. The molecule has 0 radical (unpaired) electrons. The van der Waals surface area contributed by atoms with Gasteiger partial charge in [-0.05, 0) is 19.3 Å². The summed E-state index contributed by atoms with van der Waals surface area (Å²) in [5.41, 5.74) is 0. The minimum atomic E-state index is -3.51. The van der Waals surface area contributed by atoms with Gasteiger partial charge in [0.15, 0.2) is 0 Å². The molecule has 0 heterocycles. The first-order valence-corrected chi connectivity index (χ1v) is 7.59. The lowest BCUT2D eigenvalue weighted by molar-refractivity contribution is -0.140. The molecule has 1 atom stereocenters. The zero-order chi connectivity index (χ0) is 13.8. The molecular formula is C11H22N2O4S. The summed E-state index contributed by atoms with van der Waals surface area (Å²) < 4.78 is 32.0. The third-order valence-electron chi connectivity index (χ3n) is 3.00. The smallest absolute Gasteiger partial charge is 0.306 e. The van der Waals surface area contributed by atoms with Gasteiger partial charge in [-0.3, -0.25) is 4.79 Å². The fourth-order valence-electron chi connectivity index (χ4n) is 1.72. The SMILES string of the molecule is COC(=O)CCN(C)S(=O)(=O)NC(C)CC1CC1. The van der Waals surface area contributed by atoms with Crippen LogP contribution >= 0.6 is 0 Å². The molecule has 0 aromatic heterocycles.